The van der Waals surface area contributed by atoms with Crippen molar-refractivity contribution >= 4 is 22.2 Å². The van der Waals surface area contributed by atoms with E-state index >= 15 is 0 Å². The van der Waals surface area contributed by atoms with Gasteiger partial charge in [-0.05, 0) is 12.8 Å². The van der Waals surface area contributed by atoms with Crippen LogP contribution >= 0.6 is 0 Å². The Morgan fingerprint density at radius 1 is 1.24 bits per heavy atom. The minimum Gasteiger partial charge on any atom is -0.457 e. The Labute approximate surface area is 139 Å². The standard InChI is InChI=1S/C12H12F2O10S/c13-12(14,25(17,18)19)9(15)20-6-2-5-1-4(6)3-11(5)23-7-8(24-11)22-10(16)21-7/h4-8H,1-3H2,(H,17,18,19). The number of halogens is 2. The minimum absolute atomic E-state index is 0.0886. The molecule has 2 saturated heterocycles. The number of ether oxygens (including phenoxy) is 5. The van der Waals surface area contributed by atoms with Crippen LogP contribution in [0.15, 0.2) is 0 Å². The van der Waals surface area contributed by atoms with Gasteiger partial charge in [-0.3, -0.25) is 4.55 Å². The first kappa shape index (κ1) is 16.9. The lowest BCUT2D eigenvalue weighted by molar-refractivity contribution is -0.252. The first-order valence-electron chi connectivity index (χ1n) is 7.31. The molecule has 5 unspecified atom stereocenters. The molecule has 0 aromatic heterocycles. The van der Waals surface area contributed by atoms with Crippen LogP contribution in [0.4, 0.5) is 13.6 Å². The number of rotatable bonds is 3. The van der Waals surface area contributed by atoms with Gasteiger partial charge in [0.05, 0.1) is 0 Å². The summed E-state index contributed by atoms with van der Waals surface area (Å²) in [5.74, 6) is -4.22. The number of hydrogen-bond donors (Lipinski definition) is 1. The maximum Gasteiger partial charge on any atom is 0.513 e. The van der Waals surface area contributed by atoms with Crippen molar-refractivity contribution in [3.05, 3.63) is 0 Å². The third-order valence-electron chi connectivity index (χ3n) is 4.90. The van der Waals surface area contributed by atoms with Crippen LogP contribution in [-0.2, 0) is 38.6 Å². The highest BCUT2D eigenvalue weighted by Gasteiger charge is 2.67. The van der Waals surface area contributed by atoms with Gasteiger partial charge < -0.3 is 23.7 Å². The fourth-order valence-electron chi connectivity index (χ4n) is 3.85. The Morgan fingerprint density at radius 2 is 1.84 bits per heavy atom. The zero-order valence-corrected chi connectivity index (χ0v) is 13.1. The van der Waals surface area contributed by atoms with Gasteiger partial charge in [-0.2, -0.15) is 17.2 Å². The zero-order chi connectivity index (χ0) is 18.2. The second-order valence-electron chi connectivity index (χ2n) is 6.34. The number of hydrogen-bond acceptors (Lipinski definition) is 9. The summed E-state index contributed by atoms with van der Waals surface area (Å²) < 4.78 is 81.5. The zero-order valence-electron chi connectivity index (χ0n) is 12.3. The van der Waals surface area contributed by atoms with Crippen molar-refractivity contribution in [3.8, 4) is 0 Å². The second kappa shape index (κ2) is 4.99. The maximum atomic E-state index is 13.3. The fourth-order valence-corrected chi connectivity index (χ4v) is 4.10. The fraction of sp³-hybridized carbons (Fsp3) is 0.833. The van der Waals surface area contributed by atoms with Gasteiger partial charge in [0.25, 0.3) is 12.6 Å². The molecule has 2 aliphatic carbocycles. The van der Waals surface area contributed by atoms with Gasteiger partial charge in [0.1, 0.15) is 6.10 Å². The van der Waals surface area contributed by atoms with Gasteiger partial charge in [-0.25, -0.2) is 9.59 Å². The minimum atomic E-state index is -5.92. The van der Waals surface area contributed by atoms with Crippen LogP contribution in [0, 0.1) is 11.8 Å². The Hall–Kier alpha value is -1.57. The summed E-state index contributed by atoms with van der Waals surface area (Å²) in [7, 11) is -5.92. The number of carbonyl (C=O) groups is 2. The van der Waals surface area contributed by atoms with Crippen molar-refractivity contribution in [1.82, 2.24) is 0 Å². The Kier molecular flexibility index (Phi) is 3.37. The number of esters is 1. The largest absolute Gasteiger partial charge is 0.513 e. The van der Waals surface area contributed by atoms with E-state index in [1.807, 2.05) is 0 Å². The third-order valence-corrected chi connectivity index (χ3v) is 5.71. The predicted octanol–water partition coefficient (Wildman–Crippen LogP) is 0.371. The van der Waals surface area contributed by atoms with E-state index in [1.165, 1.54) is 0 Å². The SMILES string of the molecule is O=C1OC2OC3(CC4CC3CC4OC(=O)C(F)(F)S(=O)(=O)O)OC2O1. The summed E-state index contributed by atoms with van der Waals surface area (Å²) in [6.07, 6.45) is -3.25. The molecule has 13 heteroatoms. The normalized spacial score (nSPS) is 42.4. The van der Waals surface area contributed by atoms with Crippen LogP contribution < -0.4 is 0 Å². The molecular weight excluding hydrogens is 374 g/mol. The number of alkyl halides is 2. The van der Waals surface area contributed by atoms with E-state index in [4.69, 9.17) is 23.5 Å². The van der Waals surface area contributed by atoms with Gasteiger partial charge in [0.2, 0.25) is 0 Å². The molecule has 2 bridgehead atoms. The molecule has 4 rings (SSSR count). The monoisotopic (exact) mass is 386 g/mol. The predicted molar refractivity (Wildman–Crippen MR) is 67.2 cm³/mol. The molecule has 0 aromatic rings. The first-order chi connectivity index (χ1) is 11.5. The molecule has 2 heterocycles. The van der Waals surface area contributed by atoms with Crippen molar-refractivity contribution in [2.24, 2.45) is 11.8 Å². The highest BCUT2D eigenvalue weighted by atomic mass is 32.2. The summed E-state index contributed by atoms with van der Waals surface area (Å²) in [5, 5.41) is -5.04. The number of carbonyl (C=O) groups excluding carboxylic acids is 2. The van der Waals surface area contributed by atoms with Crippen LogP contribution in [0.25, 0.3) is 0 Å². The van der Waals surface area contributed by atoms with Gasteiger partial charge in [0.15, 0.2) is 5.79 Å². The van der Waals surface area contributed by atoms with E-state index < -0.39 is 57.9 Å². The average Bonchev–Trinajstić information content (AvgIpc) is 3.17. The Bertz CT molecular complexity index is 720. The smallest absolute Gasteiger partial charge is 0.457 e. The maximum absolute atomic E-state index is 13.3. The van der Waals surface area contributed by atoms with Crippen LogP contribution in [0.1, 0.15) is 19.3 Å². The first-order valence-corrected chi connectivity index (χ1v) is 8.75. The molecule has 0 radical (unpaired) electrons. The summed E-state index contributed by atoms with van der Waals surface area (Å²) in [5.41, 5.74) is 0. The lowest BCUT2D eigenvalue weighted by Crippen LogP contribution is -2.45. The van der Waals surface area contributed by atoms with E-state index in [9.17, 15) is 26.8 Å². The van der Waals surface area contributed by atoms with Gasteiger partial charge in [0, 0.05) is 18.3 Å². The number of fused-ring (bicyclic) bond motifs is 4. The molecule has 140 valence electrons. The summed E-state index contributed by atoms with van der Waals surface area (Å²) in [6, 6.07) is 0. The third kappa shape index (κ3) is 2.40. The van der Waals surface area contributed by atoms with Crippen LogP contribution in [0.5, 0.6) is 0 Å². The summed E-state index contributed by atoms with van der Waals surface area (Å²) >= 11 is 0. The molecule has 1 N–H and O–H groups in total. The van der Waals surface area contributed by atoms with Crippen molar-refractivity contribution in [2.75, 3.05) is 0 Å². The van der Waals surface area contributed by atoms with E-state index in [0.29, 0.717) is 6.42 Å². The molecule has 0 aromatic carbocycles. The van der Waals surface area contributed by atoms with Crippen molar-refractivity contribution in [3.63, 3.8) is 0 Å². The lowest BCUT2D eigenvalue weighted by Gasteiger charge is -2.35. The quantitative estimate of drug-likeness (QED) is 0.535. The molecular formula is C12H12F2O10S. The van der Waals surface area contributed by atoms with Gasteiger partial charge in [-0.1, -0.05) is 0 Å². The molecule has 25 heavy (non-hydrogen) atoms. The Balaban J connectivity index is 1.41. The van der Waals surface area contributed by atoms with E-state index in [-0.39, 0.29) is 18.8 Å². The molecule has 2 saturated carbocycles. The van der Waals surface area contributed by atoms with Crippen LogP contribution in [0.3, 0.4) is 0 Å². The molecule has 10 nitrogen and oxygen atoms in total. The topological polar surface area (TPSA) is 135 Å². The second-order valence-corrected chi connectivity index (χ2v) is 7.80. The molecule has 4 aliphatic rings. The van der Waals surface area contributed by atoms with Gasteiger partial charge in [-0.15, -0.1) is 0 Å². The molecule has 0 amide bonds. The van der Waals surface area contributed by atoms with E-state index in [2.05, 4.69) is 4.74 Å². The van der Waals surface area contributed by atoms with E-state index in [1.54, 1.807) is 0 Å². The highest BCUT2D eigenvalue weighted by molar-refractivity contribution is 7.87. The van der Waals surface area contributed by atoms with Crippen LogP contribution in [0.2, 0.25) is 0 Å². The molecule has 4 fully saturated rings. The van der Waals surface area contributed by atoms with Crippen LogP contribution in [-0.4, -0.2) is 54.8 Å². The lowest BCUT2D eigenvalue weighted by atomic mass is 9.92. The highest BCUT2D eigenvalue weighted by Crippen LogP contribution is 2.58. The molecule has 1 spiro atoms. The molecule has 5 atom stereocenters. The summed E-state index contributed by atoms with van der Waals surface area (Å²) in [6.45, 7) is 0. The van der Waals surface area contributed by atoms with Crippen molar-refractivity contribution < 1.29 is 55.0 Å². The molecule has 2 aliphatic heterocycles. The van der Waals surface area contributed by atoms with Crippen molar-refractivity contribution in [2.45, 2.75) is 49.0 Å². The average molecular weight is 386 g/mol. The van der Waals surface area contributed by atoms with Gasteiger partial charge >= 0.3 is 27.5 Å². The van der Waals surface area contributed by atoms with Crippen molar-refractivity contribution in [1.29, 1.82) is 0 Å². The summed E-state index contributed by atoms with van der Waals surface area (Å²) in [4.78, 5) is 22.4. The Morgan fingerprint density at radius 3 is 2.32 bits per heavy atom. The van der Waals surface area contributed by atoms with E-state index in [0.717, 1.165) is 0 Å².